The van der Waals surface area contributed by atoms with Gasteiger partial charge in [0.2, 0.25) is 0 Å². The minimum absolute atomic E-state index is 0.241. The van der Waals surface area contributed by atoms with Crippen molar-refractivity contribution in [3.63, 3.8) is 0 Å². The van der Waals surface area contributed by atoms with E-state index in [-0.39, 0.29) is 6.07 Å². The summed E-state index contributed by atoms with van der Waals surface area (Å²) in [5.74, 6) is -1.67. The maximum atomic E-state index is 12.2. The van der Waals surface area contributed by atoms with Crippen molar-refractivity contribution in [3.05, 3.63) is 33.6 Å². The molecular formula is C8H4F3N2O4-. The van der Waals surface area contributed by atoms with Crippen LogP contribution in [0.3, 0.4) is 0 Å². The Morgan fingerprint density at radius 3 is 2.47 bits per heavy atom. The van der Waals surface area contributed by atoms with Gasteiger partial charge in [-0.05, 0) is 0 Å². The first kappa shape index (κ1) is 12.9. The van der Waals surface area contributed by atoms with Crippen LogP contribution >= 0.6 is 0 Å². The molecule has 0 aliphatic carbocycles. The summed E-state index contributed by atoms with van der Waals surface area (Å²) >= 11 is 0. The Balaban J connectivity index is 3.27. The summed E-state index contributed by atoms with van der Waals surface area (Å²) in [7, 11) is 0. The third-order valence-electron chi connectivity index (χ3n) is 1.78. The Kier molecular flexibility index (Phi) is 3.30. The lowest BCUT2D eigenvalue weighted by molar-refractivity contribution is -0.386. The molecule has 1 aromatic heterocycles. The molecule has 9 heteroatoms. The zero-order chi connectivity index (χ0) is 13.2. The molecule has 0 spiro atoms. The smallest absolute Gasteiger partial charge is 0.418 e. The maximum absolute atomic E-state index is 12.2. The lowest BCUT2D eigenvalue weighted by Crippen LogP contribution is -2.25. The number of nitrogens with zero attached hydrogens (tertiary/aromatic N) is 2. The molecule has 6 nitrogen and oxygen atoms in total. The highest BCUT2D eigenvalue weighted by atomic mass is 19.4. The zero-order valence-electron chi connectivity index (χ0n) is 8.02. The Bertz CT molecular complexity index is 472. The number of pyridine rings is 1. The Labute approximate surface area is 91.9 Å². The lowest BCUT2D eigenvalue weighted by Gasteiger charge is -2.08. The van der Waals surface area contributed by atoms with Gasteiger partial charge >= 0.3 is 6.18 Å². The standard InChI is InChI=1S/C8H5F3N2O4/c9-8(10,11)4-1-6(13(16)17)5(12-3-4)2-7(14)15/h1,3H,2H2,(H,14,15)/p-1. The van der Waals surface area contributed by atoms with Gasteiger partial charge < -0.3 is 9.90 Å². The molecule has 0 bridgehead atoms. The first-order valence-corrected chi connectivity index (χ1v) is 4.12. The van der Waals surface area contributed by atoms with Crippen LogP contribution in [0, 0.1) is 10.1 Å². The molecule has 0 fully saturated rings. The van der Waals surface area contributed by atoms with E-state index < -0.39 is 40.4 Å². The largest absolute Gasteiger partial charge is 0.550 e. The van der Waals surface area contributed by atoms with E-state index in [1.807, 2.05) is 0 Å². The van der Waals surface area contributed by atoms with Gasteiger partial charge in [-0.3, -0.25) is 15.1 Å². The van der Waals surface area contributed by atoms with E-state index >= 15 is 0 Å². The van der Waals surface area contributed by atoms with Gasteiger partial charge in [0.05, 0.1) is 10.5 Å². The van der Waals surface area contributed by atoms with Gasteiger partial charge in [-0.1, -0.05) is 0 Å². The van der Waals surface area contributed by atoms with Gasteiger partial charge in [-0.15, -0.1) is 0 Å². The Morgan fingerprint density at radius 1 is 1.47 bits per heavy atom. The van der Waals surface area contributed by atoms with Gasteiger partial charge in [0.25, 0.3) is 5.69 Å². The number of rotatable bonds is 3. The number of nitro groups is 1. The van der Waals surface area contributed by atoms with Crippen molar-refractivity contribution in [3.8, 4) is 0 Å². The van der Waals surface area contributed by atoms with Crippen LogP contribution in [-0.2, 0) is 17.4 Å². The van der Waals surface area contributed by atoms with Crippen LogP contribution in [0.5, 0.6) is 0 Å². The predicted octanol–water partition coefficient (Wildman–Crippen LogP) is 0.301. The number of hydrogen-bond acceptors (Lipinski definition) is 5. The topological polar surface area (TPSA) is 96.2 Å². The summed E-state index contributed by atoms with van der Waals surface area (Å²) in [5, 5.41) is 20.7. The van der Waals surface area contributed by atoms with Crippen molar-refractivity contribution in [1.29, 1.82) is 0 Å². The molecule has 0 amide bonds. The van der Waals surface area contributed by atoms with E-state index in [4.69, 9.17) is 0 Å². The number of carboxylic acids is 1. The molecule has 0 N–H and O–H groups in total. The number of carbonyl (C=O) groups is 1. The van der Waals surface area contributed by atoms with Gasteiger partial charge in [-0.25, -0.2) is 0 Å². The second-order valence-electron chi connectivity index (χ2n) is 2.99. The Hall–Kier alpha value is -2.19. The monoisotopic (exact) mass is 249 g/mol. The van der Waals surface area contributed by atoms with E-state index in [1.54, 1.807) is 0 Å². The fraction of sp³-hybridized carbons (Fsp3) is 0.250. The zero-order valence-corrected chi connectivity index (χ0v) is 8.02. The first-order chi connectivity index (χ1) is 7.71. The molecule has 0 aromatic carbocycles. The molecule has 1 aromatic rings. The lowest BCUT2D eigenvalue weighted by atomic mass is 10.2. The van der Waals surface area contributed by atoms with E-state index in [1.165, 1.54) is 0 Å². The summed E-state index contributed by atoms with van der Waals surface area (Å²) in [4.78, 5) is 22.7. The number of carbonyl (C=O) groups excluding carboxylic acids is 1. The number of alkyl halides is 3. The summed E-state index contributed by atoms with van der Waals surface area (Å²) in [6, 6.07) is 0.241. The van der Waals surface area contributed by atoms with Crippen molar-refractivity contribution < 1.29 is 28.0 Å². The predicted molar refractivity (Wildman–Crippen MR) is 44.6 cm³/mol. The summed E-state index contributed by atoms with van der Waals surface area (Å²) in [6.45, 7) is 0. The minimum Gasteiger partial charge on any atom is -0.550 e. The number of carboxylic acid groups (broad SMARTS) is 1. The van der Waals surface area contributed by atoms with Gasteiger partial charge in [0.1, 0.15) is 5.69 Å². The molecule has 17 heavy (non-hydrogen) atoms. The maximum Gasteiger partial charge on any atom is 0.418 e. The Morgan fingerprint density at radius 2 is 2.06 bits per heavy atom. The van der Waals surface area contributed by atoms with Gasteiger partial charge in [0, 0.05) is 24.7 Å². The molecule has 0 aliphatic rings. The second-order valence-corrected chi connectivity index (χ2v) is 2.99. The van der Waals surface area contributed by atoms with Crippen LogP contribution in [0.1, 0.15) is 11.3 Å². The average molecular weight is 249 g/mol. The van der Waals surface area contributed by atoms with Crippen LogP contribution in [0.2, 0.25) is 0 Å². The summed E-state index contributed by atoms with van der Waals surface area (Å²) < 4.78 is 36.7. The van der Waals surface area contributed by atoms with Gasteiger partial charge in [0.15, 0.2) is 0 Å². The number of aliphatic carboxylic acids is 1. The van der Waals surface area contributed by atoms with Crippen molar-refractivity contribution in [2.75, 3.05) is 0 Å². The van der Waals surface area contributed by atoms with Crippen LogP contribution in [-0.4, -0.2) is 15.9 Å². The molecule has 0 unspecified atom stereocenters. The minimum atomic E-state index is -4.78. The highest BCUT2D eigenvalue weighted by Gasteiger charge is 2.33. The molecule has 0 atom stereocenters. The fourth-order valence-electron chi connectivity index (χ4n) is 1.07. The first-order valence-electron chi connectivity index (χ1n) is 4.12. The summed E-state index contributed by atoms with van der Waals surface area (Å²) in [6.07, 6.45) is -5.36. The number of halogens is 3. The van der Waals surface area contributed by atoms with Crippen molar-refractivity contribution >= 4 is 11.7 Å². The van der Waals surface area contributed by atoms with Crippen molar-refractivity contribution in [2.24, 2.45) is 0 Å². The van der Waals surface area contributed by atoms with E-state index in [2.05, 4.69) is 4.98 Å². The molecule has 92 valence electrons. The molecule has 0 radical (unpaired) electrons. The molecule has 0 aliphatic heterocycles. The molecule has 1 heterocycles. The fourth-order valence-corrected chi connectivity index (χ4v) is 1.07. The van der Waals surface area contributed by atoms with Crippen LogP contribution in [0.4, 0.5) is 18.9 Å². The van der Waals surface area contributed by atoms with Crippen molar-refractivity contribution in [2.45, 2.75) is 12.6 Å². The van der Waals surface area contributed by atoms with Gasteiger partial charge in [-0.2, -0.15) is 13.2 Å². The third kappa shape index (κ3) is 3.13. The van der Waals surface area contributed by atoms with Crippen LogP contribution in [0.15, 0.2) is 12.3 Å². The quantitative estimate of drug-likeness (QED) is 0.567. The highest BCUT2D eigenvalue weighted by Crippen LogP contribution is 2.31. The molecule has 0 saturated heterocycles. The SMILES string of the molecule is O=C([O-])Cc1ncc(C(F)(F)F)cc1[N+](=O)[O-]. The van der Waals surface area contributed by atoms with E-state index in [9.17, 15) is 33.2 Å². The highest BCUT2D eigenvalue weighted by molar-refractivity contribution is 5.69. The summed E-state index contributed by atoms with van der Waals surface area (Å²) in [5.41, 5.74) is -2.89. The van der Waals surface area contributed by atoms with E-state index in [0.717, 1.165) is 0 Å². The number of aromatic nitrogens is 1. The second kappa shape index (κ2) is 4.36. The van der Waals surface area contributed by atoms with Crippen LogP contribution in [0.25, 0.3) is 0 Å². The number of hydrogen-bond donors (Lipinski definition) is 0. The molecular weight excluding hydrogens is 245 g/mol. The van der Waals surface area contributed by atoms with E-state index in [0.29, 0.717) is 6.20 Å². The molecule has 1 rings (SSSR count). The van der Waals surface area contributed by atoms with Crippen molar-refractivity contribution in [1.82, 2.24) is 4.98 Å². The third-order valence-corrected chi connectivity index (χ3v) is 1.78. The molecule has 0 saturated carbocycles. The van der Waals surface area contributed by atoms with Crippen LogP contribution < -0.4 is 5.11 Å². The average Bonchev–Trinajstić information content (AvgIpc) is 2.15. The normalized spacial score (nSPS) is 11.2.